The summed E-state index contributed by atoms with van der Waals surface area (Å²) in [6.45, 7) is 8.09. The Morgan fingerprint density at radius 1 is 0.552 bits per heavy atom. The fourth-order valence-corrected chi connectivity index (χ4v) is 8.74. The van der Waals surface area contributed by atoms with Crippen LogP contribution in [-0.4, -0.2) is 0 Å². The summed E-state index contributed by atoms with van der Waals surface area (Å²) in [5.74, 6) is 3.16. The maximum Gasteiger partial charge on any atom is -0.0266 e. The summed E-state index contributed by atoms with van der Waals surface area (Å²) in [6.07, 6.45) is 30.5. The standard InChI is InChI=1S/C29H52/c1-27(17-8-4-9-18-27)21-16-25-15-14-24-12-6-7-13-26(24)29(25,3)23-22-28(2)19-10-5-11-20-28/h24-26H,4-23H2,1-3H3. The largest absolute Gasteiger partial charge is 0.0596 e. The van der Waals surface area contributed by atoms with Crippen molar-refractivity contribution in [3.63, 3.8) is 0 Å². The molecule has 0 heteroatoms. The van der Waals surface area contributed by atoms with Crippen molar-refractivity contribution in [2.45, 2.75) is 149 Å². The molecule has 4 aliphatic rings. The van der Waals surface area contributed by atoms with E-state index in [1.54, 1.807) is 38.5 Å². The van der Waals surface area contributed by atoms with Gasteiger partial charge in [0.2, 0.25) is 0 Å². The minimum atomic E-state index is 0.648. The Hall–Kier alpha value is 0. The Labute approximate surface area is 183 Å². The van der Waals surface area contributed by atoms with Gasteiger partial charge in [0.05, 0.1) is 0 Å². The lowest BCUT2D eigenvalue weighted by Crippen LogP contribution is -2.46. The molecule has 0 nitrogen and oxygen atoms in total. The molecule has 0 bridgehead atoms. The normalized spacial score (nSPS) is 39.6. The van der Waals surface area contributed by atoms with Crippen molar-refractivity contribution in [3.8, 4) is 0 Å². The molecule has 0 amide bonds. The van der Waals surface area contributed by atoms with Crippen LogP contribution < -0.4 is 0 Å². The summed E-state index contributed by atoms with van der Waals surface area (Å²) in [6, 6.07) is 0. The lowest BCUT2D eigenvalue weighted by Gasteiger charge is -2.55. The second-order valence-corrected chi connectivity index (χ2v) is 13.2. The highest BCUT2D eigenvalue weighted by Gasteiger charge is 2.49. The number of fused-ring (bicyclic) bond motifs is 1. The van der Waals surface area contributed by atoms with E-state index in [0.717, 1.165) is 17.8 Å². The summed E-state index contributed by atoms with van der Waals surface area (Å²) in [4.78, 5) is 0. The van der Waals surface area contributed by atoms with Crippen molar-refractivity contribution in [2.24, 2.45) is 34.0 Å². The smallest absolute Gasteiger partial charge is 0.0266 e. The van der Waals surface area contributed by atoms with Crippen LogP contribution in [0.2, 0.25) is 0 Å². The first-order chi connectivity index (χ1) is 13.9. The molecule has 29 heavy (non-hydrogen) atoms. The highest BCUT2D eigenvalue weighted by Crippen LogP contribution is 2.59. The lowest BCUT2D eigenvalue weighted by molar-refractivity contribution is -0.0508. The molecule has 4 rings (SSSR count). The fourth-order valence-electron chi connectivity index (χ4n) is 8.74. The Balaban J connectivity index is 1.45. The summed E-state index contributed by atoms with van der Waals surface area (Å²) >= 11 is 0. The maximum atomic E-state index is 2.80. The van der Waals surface area contributed by atoms with E-state index in [1.165, 1.54) is 89.9 Å². The molecule has 0 spiro atoms. The van der Waals surface area contributed by atoms with E-state index >= 15 is 0 Å². The molecular formula is C29H52. The highest BCUT2D eigenvalue weighted by molar-refractivity contribution is 4.99. The first-order valence-corrected chi connectivity index (χ1v) is 13.9. The minimum absolute atomic E-state index is 0.648. The van der Waals surface area contributed by atoms with Crippen molar-refractivity contribution >= 4 is 0 Å². The van der Waals surface area contributed by atoms with Gasteiger partial charge in [-0.25, -0.2) is 0 Å². The van der Waals surface area contributed by atoms with E-state index in [4.69, 9.17) is 0 Å². The molecular weight excluding hydrogens is 348 g/mol. The topological polar surface area (TPSA) is 0 Å². The minimum Gasteiger partial charge on any atom is -0.0596 e. The zero-order valence-electron chi connectivity index (χ0n) is 20.4. The zero-order chi connectivity index (χ0) is 20.4. The Morgan fingerprint density at radius 2 is 1.14 bits per heavy atom. The van der Waals surface area contributed by atoms with Crippen molar-refractivity contribution in [3.05, 3.63) is 0 Å². The lowest BCUT2D eigenvalue weighted by atomic mass is 9.50. The molecule has 4 fully saturated rings. The van der Waals surface area contributed by atoms with E-state index in [1.807, 2.05) is 0 Å². The Morgan fingerprint density at radius 3 is 1.79 bits per heavy atom. The van der Waals surface area contributed by atoms with Crippen LogP contribution >= 0.6 is 0 Å². The van der Waals surface area contributed by atoms with Gasteiger partial charge in [-0.2, -0.15) is 0 Å². The quantitative estimate of drug-likeness (QED) is 0.416. The molecule has 0 saturated heterocycles. The van der Waals surface area contributed by atoms with Crippen molar-refractivity contribution in [2.75, 3.05) is 0 Å². The van der Waals surface area contributed by atoms with Crippen LogP contribution in [0.5, 0.6) is 0 Å². The average Bonchev–Trinajstić information content (AvgIpc) is 2.73. The summed E-state index contributed by atoms with van der Waals surface area (Å²) < 4.78 is 0. The third-order valence-corrected chi connectivity index (χ3v) is 11.1. The number of rotatable bonds is 6. The Kier molecular flexibility index (Phi) is 7.07. The van der Waals surface area contributed by atoms with E-state index < -0.39 is 0 Å². The molecule has 4 aliphatic carbocycles. The van der Waals surface area contributed by atoms with Crippen LogP contribution in [0.4, 0.5) is 0 Å². The van der Waals surface area contributed by atoms with Crippen LogP contribution in [0.1, 0.15) is 149 Å². The third-order valence-electron chi connectivity index (χ3n) is 11.1. The zero-order valence-corrected chi connectivity index (χ0v) is 20.4. The Bertz CT molecular complexity index is 506. The van der Waals surface area contributed by atoms with Gasteiger partial charge >= 0.3 is 0 Å². The molecule has 0 N–H and O–H groups in total. The van der Waals surface area contributed by atoms with Gasteiger partial charge in [0.1, 0.15) is 0 Å². The number of hydrogen-bond acceptors (Lipinski definition) is 0. The van der Waals surface area contributed by atoms with Crippen molar-refractivity contribution in [1.29, 1.82) is 0 Å². The van der Waals surface area contributed by atoms with Crippen LogP contribution in [0.3, 0.4) is 0 Å². The van der Waals surface area contributed by atoms with Gasteiger partial charge in [-0.15, -0.1) is 0 Å². The molecule has 0 aliphatic heterocycles. The molecule has 4 saturated carbocycles. The fraction of sp³-hybridized carbons (Fsp3) is 1.00. The van der Waals surface area contributed by atoms with Crippen molar-refractivity contribution < 1.29 is 0 Å². The highest BCUT2D eigenvalue weighted by atomic mass is 14.5. The van der Waals surface area contributed by atoms with Gasteiger partial charge in [-0.1, -0.05) is 78.6 Å². The average molecular weight is 401 g/mol. The van der Waals surface area contributed by atoms with E-state index in [0.29, 0.717) is 16.2 Å². The molecule has 0 aromatic heterocycles. The van der Waals surface area contributed by atoms with Gasteiger partial charge in [0.25, 0.3) is 0 Å². The van der Waals surface area contributed by atoms with Crippen LogP contribution in [0, 0.1) is 34.0 Å². The van der Waals surface area contributed by atoms with Crippen LogP contribution in [-0.2, 0) is 0 Å². The predicted molar refractivity (Wildman–Crippen MR) is 127 cm³/mol. The second-order valence-electron chi connectivity index (χ2n) is 13.2. The number of hydrogen-bond donors (Lipinski definition) is 0. The molecule has 4 unspecified atom stereocenters. The van der Waals surface area contributed by atoms with Crippen LogP contribution in [0.25, 0.3) is 0 Å². The van der Waals surface area contributed by atoms with E-state index in [9.17, 15) is 0 Å². The molecule has 0 radical (unpaired) electrons. The molecule has 0 heterocycles. The molecule has 168 valence electrons. The van der Waals surface area contributed by atoms with Crippen molar-refractivity contribution in [1.82, 2.24) is 0 Å². The molecule has 0 aromatic rings. The molecule has 0 aromatic carbocycles. The summed E-state index contributed by atoms with van der Waals surface area (Å²) in [5.41, 5.74) is 2.00. The molecule has 4 atom stereocenters. The monoisotopic (exact) mass is 400 g/mol. The third kappa shape index (κ3) is 5.09. The summed E-state index contributed by atoms with van der Waals surface area (Å²) in [7, 11) is 0. The SMILES string of the molecule is CC1(CCC2CCC3CCCCC3C2(C)CCC2(C)CCCCC2)CCCCC1. The van der Waals surface area contributed by atoms with Gasteiger partial charge in [0, 0.05) is 0 Å². The first-order valence-electron chi connectivity index (χ1n) is 13.9. The second kappa shape index (κ2) is 9.24. The van der Waals surface area contributed by atoms with E-state index in [-0.39, 0.29) is 0 Å². The van der Waals surface area contributed by atoms with E-state index in [2.05, 4.69) is 20.8 Å². The predicted octanol–water partition coefficient (Wildman–Crippen LogP) is 9.71. The van der Waals surface area contributed by atoms with Gasteiger partial charge in [-0.3, -0.25) is 0 Å². The summed E-state index contributed by atoms with van der Waals surface area (Å²) in [5, 5.41) is 0. The maximum absolute atomic E-state index is 2.80. The van der Waals surface area contributed by atoms with Crippen LogP contribution in [0.15, 0.2) is 0 Å². The first kappa shape index (κ1) is 22.2. The van der Waals surface area contributed by atoms with Gasteiger partial charge in [0.15, 0.2) is 0 Å². The van der Waals surface area contributed by atoms with Gasteiger partial charge < -0.3 is 0 Å². The van der Waals surface area contributed by atoms with Gasteiger partial charge in [-0.05, 0) is 105 Å².